The standard InChI is InChI=1S/C7H17N3/c1-7(10(2)9)5-3-4-6-8/h1,3-6,8-9H2,2H3. The summed E-state index contributed by atoms with van der Waals surface area (Å²) >= 11 is 0. The van der Waals surface area contributed by atoms with E-state index in [4.69, 9.17) is 11.6 Å². The first-order valence-electron chi connectivity index (χ1n) is 3.54. The Morgan fingerprint density at radius 3 is 2.50 bits per heavy atom. The van der Waals surface area contributed by atoms with Crippen LogP contribution in [0.2, 0.25) is 0 Å². The van der Waals surface area contributed by atoms with Crippen LogP contribution in [0.4, 0.5) is 0 Å². The number of hydrazine groups is 1. The summed E-state index contributed by atoms with van der Waals surface area (Å²) < 4.78 is 0. The molecule has 3 heteroatoms. The molecular weight excluding hydrogens is 126 g/mol. The van der Waals surface area contributed by atoms with E-state index in [0.29, 0.717) is 0 Å². The van der Waals surface area contributed by atoms with Crippen LogP contribution in [0, 0.1) is 0 Å². The Labute approximate surface area is 62.6 Å². The summed E-state index contributed by atoms with van der Waals surface area (Å²) in [6.07, 6.45) is 3.08. The summed E-state index contributed by atoms with van der Waals surface area (Å²) in [6, 6.07) is 0. The summed E-state index contributed by atoms with van der Waals surface area (Å²) in [5.41, 5.74) is 6.28. The predicted molar refractivity (Wildman–Crippen MR) is 44.0 cm³/mol. The smallest absolute Gasteiger partial charge is 0.0225 e. The maximum Gasteiger partial charge on any atom is 0.0225 e. The first kappa shape index (κ1) is 9.46. The second kappa shape index (κ2) is 5.26. The maximum absolute atomic E-state index is 5.42. The van der Waals surface area contributed by atoms with Crippen LogP contribution < -0.4 is 11.6 Å². The highest BCUT2D eigenvalue weighted by atomic mass is 15.4. The van der Waals surface area contributed by atoms with Crippen LogP contribution in [0.3, 0.4) is 0 Å². The molecule has 0 aromatic heterocycles. The molecule has 0 saturated carbocycles. The van der Waals surface area contributed by atoms with Crippen molar-refractivity contribution in [3.05, 3.63) is 12.3 Å². The van der Waals surface area contributed by atoms with E-state index in [1.165, 1.54) is 0 Å². The molecule has 0 radical (unpaired) electrons. The molecule has 0 atom stereocenters. The van der Waals surface area contributed by atoms with Gasteiger partial charge in [0.25, 0.3) is 0 Å². The van der Waals surface area contributed by atoms with Gasteiger partial charge in [-0.25, -0.2) is 5.84 Å². The van der Waals surface area contributed by atoms with E-state index in [-0.39, 0.29) is 0 Å². The largest absolute Gasteiger partial charge is 0.330 e. The zero-order chi connectivity index (χ0) is 7.98. The van der Waals surface area contributed by atoms with Gasteiger partial charge in [-0.1, -0.05) is 6.58 Å². The highest BCUT2D eigenvalue weighted by molar-refractivity contribution is 4.88. The Morgan fingerprint density at radius 2 is 2.10 bits per heavy atom. The summed E-state index contributed by atoms with van der Waals surface area (Å²) in [7, 11) is 1.80. The third kappa shape index (κ3) is 4.35. The quantitative estimate of drug-likeness (QED) is 0.333. The highest BCUT2D eigenvalue weighted by Crippen LogP contribution is 2.04. The number of nitrogens with zero attached hydrogens (tertiary/aromatic N) is 1. The number of allylic oxidation sites excluding steroid dienone is 1. The lowest BCUT2D eigenvalue weighted by atomic mass is 10.2. The molecule has 0 spiro atoms. The minimum atomic E-state index is 0.752. The second-order valence-corrected chi connectivity index (χ2v) is 2.42. The zero-order valence-electron chi connectivity index (χ0n) is 6.64. The minimum Gasteiger partial charge on any atom is -0.330 e. The van der Waals surface area contributed by atoms with Gasteiger partial charge in [-0.15, -0.1) is 0 Å². The summed E-state index contributed by atoms with van der Waals surface area (Å²) in [5.74, 6) is 5.42. The first-order chi connectivity index (χ1) is 4.68. The van der Waals surface area contributed by atoms with Gasteiger partial charge in [0.15, 0.2) is 0 Å². The molecule has 0 heterocycles. The predicted octanol–water partition coefficient (Wildman–Crippen LogP) is 0.435. The zero-order valence-corrected chi connectivity index (χ0v) is 6.64. The van der Waals surface area contributed by atoms with Gasteiger partial charge in [0, 0.05) is 12.7 Å². The van der Waals surface area contributed by atoms with Crippen LogP contribution in [-0.2, 0) is 0 Å². The maximum atomic E-state index is 5.42. The fraction of sp³-hybridized carbons (Fsp3) is 0.714. The molecule has 0 unspecified atom stereocenters. The van der Waals surface area contributed by atoms with Gasteiger partial charge >= 0.3 is 0 Å². The molecule has 0 amide bonds. The van der Waals surface area contributed by atoms with Crippen LogP contribution in [0.1, 0.15) is 19.3 Å². The molecule has 0 rings (SSSR count). The highest BCUT2D eigenvalue weighted by Gasteiger charge is 1.94. The Hall–Kier alpha value is -0.540. The van der Waals surface area contributed by atoms with E-state index in [1.807, 2.05) is 0 Å². The van der Waals surface area contributed by atoms with Crippen LogP contribution in [0.25, 0.3) is 0 Å². The van der Waals surface area contributed by atoms with Gasteiger partial charge in [-0.05, 0) is 25.8 Å². The SMILES string of the molecule is C=C(CCCCN)N(C)N. The van der Waals surface area contributed by atoms with Gasteiger partial charge in [-0.3, -0.25) is 0 Å². The van der Waals surface area contributed by atoms with E-state index >= 15 is 0 Å². The lowest BCUT2D eigenvalue weighted by molar-refractivity contribution is 0.418. The lowest BCUT2D eigenvalue weighted by Gasteiger charge is -2.14. The number of hydrogen-bond donors (Lipinski definition) is 2. The molecule has 10 heavy (non-hydrogen) atoms. The molecule has 0 bridgehead atoms. The molecule has 60 valence electrons. The van der Waals surface area contributed by atoms with Crippen molar-refractivity contribution in [1.29, 1.82) is 0 Å². The summed E-state index contributed by atoms with van der Waals surface area (Å²) in [4.78, 5) is 0. The average molecular weight is 143 g/mol. The van der Waals surface area contributed by atoms with Gasteiger partial charge in [0.1, 0.15) is 0 Å². The van der Waals surface area contributed by atoms with Crippen LogP contribution >= 0.6 is 0 Å². The van der Waals surface area contributed by atoms with Crippen molar-refractivity contribution < 1.29 is 0 Å². The summed E-state index contributed by atoms with van der Waals surface area (Å²) in [5, 5.41) is 1.55. The number of hydrogen-bond acceptors (Lipinski definition) is 3. The minimum absolute atomic E-state index is 0.752. The van der Waals surface area contributed by atoms with Gasteiger partial charge in [0.05, 0.1) is 0 Å². The molecule has 0 aromatic rings. The first-order valence-corrected chi connectivity index (χ1v) is 3.54. The Balaban J connectivity index is 3.22. The Kier molecular flexibility index (Phi) is 4.98. The van der Waals surface area contributed by atoms with Crippen molar-refractivity contribution in [2.24, 2.45) is 11.6 Å². The van der Waals surface area contributed by atoms with Crippen LogP contribution in [0.15, 0.2) is 12.3 Å². The van der Waals surface area contributed by atoms with Crippen LogP contribution in [0.5, 0.6) is 0 Å². The van der Waals surface area contributed by atoms with Crippen molar-refractivity contribution in [1.82, 2.24) is 5.01 Å². The van der Waals surface area contributed by atoms with E-state index in [2.05, 4.69) is 6.58 Å². The van der Waals surface area contributed by atoms with Crippen molar-refractivity contribution >= 4 is 0 Å². The second-order valence-electron chi connectivity index (χ2n) is 2.42. The van der Waals surface area contributed by atoms with E-state index < -0.39 is 0 Å². The fourth-order valence-electron chi connectivity index (χ4n) is 0.650. The molecule has 0 saturated heterocycles. The topological polar surface area (TPSA) is 55.3 Å². The summed E-state index contributed by atoms with van der Waals surface area (Å²) in [6.45, 7) is 4.54. The molecule has 0 fully saturated rings. The number of rotatable bonds is 5. The van der Waals surface area contributed by atoms with Gasteiger partial charge < -0.3 is 10.7 Å². The van der Waals surface area contributed by atoms with E-state index in [9.17, 15) is 0 Å². The lowest BCUT2D eigenvalue weighted by Crippen LogP contribution is -2.24. The molecule has 4 N–H and O–H groups in total. The Bertz CT molecular complexity index is 99.0. The Morgan fingerprint density at radius 1 is 1.50 bits per heavy atom. The van der Waals surface area contributed by atoms with Gasteiger partial charge in [-0.2, -0.15) is 0 Å². The number of unbranched alkanes of at least 4 members (excludes halogenated alkanes) is 1. The number of nitrogens with two attached hydrogens (primary N) is 2. The molecule has 0 aliphatic carbocycles. The van der Waals surface area contributed by atoms with E-state index in [1.54, 1.807) is 12.1 Å². The van der Waals surface area contributed by atoms with Crippen LogP contribution in [-0.4, -0.2) is 18.6 Å². The normalized spacial score (nSPS) is 9.50. The average Bonchev–Trinajstić information content (AvgIpc) is 1.88. The molecule has 3 nitrogen and oxygen atoms in total. The van der Waals surface area contributed by atoms with Crippen molar-refractivity contribution in [3.63, 3.8) is 0 Å². The van der Waals surface area contributed by atoms with Crippen molar-refractivity contribution in [2.45, 2.75) is 19.3 Å². The molecule has 0 aromatic carbocycles. The van der Waals surface area contributed by atoms with Crippen molar-refractivity contribution in [3.8, 4) is 0 Å². The molecule has 0 aliphatic heterocycles. The van der Waals surface area contributed by atoms with E-state index in [0.717, 1.165) is 31.5 Å². The monoisotopic (exact) mass is 143 g/mol. The fourth-order valence-corrected chi connectivity index (χ4v) is 0.650. The molecular formula is C7H17N3. The molecule has 0 aliphatic rings. The van der Waals surface area contributed by atoms with Crippen molar-refractivity contribution in [2.75, 3.05) is 13.6 Å². The third-order valence-corrected chi connectivity index (χ3v) is 1.42. The third-order valence-electron chi connectivity index (χ3n) is 1.42. The van der Waals surface area contributed by atoms with Gasteiger partial charge in [0.2, 0.25) is 0 Å².